The van der Waals surface area contributed by atoms with Crippen LogP contribution in [0.25, 0.3) is 23.3 Å². The van der Waals surface area contributed by atoms with Gasteiger partial charge >= 0.3 is 11.9 Å². The first-order chi connectivity index (χ1) is 18.3. The molecule has 10 nitrogen and oxygen atoms in total. The van der Waals surface area contributed by atoms with Gasteiger partial charge in [0.1, 0.15) is 0 Å². The van der Waals surface area contributed by atoms with Gasteiger partial charge in [-0.15, -0.1) is 0 Å². The summed E-state index contributed by atoms with van der Waals surface area (Å²) in [5.74, 6) is -1.44. The van der Waals surface area contributed by atoms with E-state index in [1.165, 1.54) is 54.6 Å². The average Bonchev–Trinajstić information content (AvgIpc) is 2.90. The average molecular weight is 517 g/mol. The lowest BCUT2D eigenvalue weighted by atomic mass is 9.96. The molecule has 0 heterocycles. The van der Waals surface area contributed by atoms with E-state index in [4.69, 9.17) is 9.47 Å². The summed E-state index contributed by atoms with van der Waals surface area (Å²) in [6, 6.07) is 18.2. The van der Waals surface area contributed by atoms with E-state index in [0.29, 0.717) is 11.1 Å². The molecule has 0 bridgehead atoms. The van der Waals surface area contributed by atoms with E-state index in [2.05, 4.69) is 0 Å². The molecule has 0 saturated carbocycles. The largest absolute Gasteiger partial charge is 0.462 e. The molecular formula is C28H24N2O8. The van der Waals surface area contributed by atoms with Crippen LogP contribution in [0.5, 0.6) is 0 Å². The van der Waals surface area contributed by atoms with Crippen LogP contribution in [0.1, 0.15) is 36.1 Å². The maximum Gasteiger partial charge on any atom is 0.338 e. The molecule has 0 saturated heterocycles. The lowest BCUT2D eigenvalue weighted by Crippen LogP contribution is -2.09. The van der Waals surface area contributed by atoms with Crippen molar-refractivity contribution in [3.63, 3.8) is 0 Å². The van der Waals surface area contributed by atoms with Crippen LogP contribution in [0.3, 0.4) is 0 Å². The first kappa shape index (κ1) is 27.5. The Morgan fingerprint density at radius 3 is 1.45 bits per heavy atom. The molecule has 0 N–H and O–H groups in total. The van der Waals surface area contributed by atoms with Gasteiger partial charge in [0.2, 0.25) is 0 Å². The molecule has 0 aliphatic carbocycles. The van der Waals surface area contributed by atoms with Gasteiger partial charge in [-0.1, -0.05) is 42.5 Å². The van der Waals surface area contributed by atoms with E-state index in [9.17, 15) is 29.8 Å². The highest BCUT2D eigenvalue weighted by atomic mass is 16.6. The molecule has 194 valence electrons. The summed E-state index contributed by atoms with van der Waals surface area (Å²) in [5, 5.41) is 23.0. The summed E-state index contributed by atoms with van der Waals surface area (Å²) >= 11 is 0. The summed E-state index contributed by atoms with van der Waals surface area (Å²) in [7, 11) is 0. The van der Waals surface area contributed by atoms with E-state index < -0.39 is 21.8 Å². The van der Waals surface area contributed by atoms with Crippen molar-refractivity contribution >= 4 is 46.6 Å². The Morgan fingerprint density at radius 2 is 1.08 bits per heavy atom. The molecule has 0 aromatic heterocycles. The second-order valence-electron chi connectivity index (χ2n) is 7.77. The third-order valence-electron chi connectivity index (χ3n) is 5.34. The van der Waals surface area contributed by atoms with Gasteiger partial charge in [-0.2, -0.15) is 0 Å². The number of ether oxygens (including phenoxy) is 2. The molecule has 0 fully saturated rings. The van der Waals surface area contributed by atoms with Gasteiger partial charge in [-0.3, -0.25) is 20.2 Å². The smallest absolute Gasteiger partial charge is 0.338 e. The summed E-state index contributed by atoms with van der Waals surface area (Å²) < 4.78 is 10.4. The zero-order valence-electron chi connectivity index (χ0n) is 20.7. The van der Waals surface area contributed by atoms with E-state index in [1.54, 1.807) is 44.2 Å². The lowest BCUT2D eigenvalue weighted by Gasteiger charge is -2.12. The van der Waals surface area contributed by atoms with Gasteiger partial charge < -0.3 is 9.47 Å². The minimum Gasteiger partial charge on any atom is -0.462 e. The fourth-order valence-electron chi connectivity index (χ4n) is 3.65. The van der Waals surface area contributed by atoms with Crippen molar-refractivity contribution in [3.8, 4) is 0 Å². The molecule has 0 aliphatic heterocycles. The Hall–Kier alpha value is -5.12. The van der Waals surface area contributed by atoms with E-state index in [-0.39, 0.29) is 46.9 Å². The van der Waals surface area contributed by atoms with E-state index in [0.717, 1.165) is 0 Å². The molecule has 38 heavy (non-hydrogen) atoms. The predicted octanol–water partition coefficient (Wildman–Crippen LogP) is 5.71. The maximum absolute atomic E-state index is 12.9. The maximum atomic E-state index is 12.9. The third kappa shape index (κ3) is 6.55. The summed E-state index contributed by atoms with van der Waals surface area (Å²) in [4.78, 5) is 47.8. The fraction of sp³-hybridized carbons (Fsp3) is 0.143. The fourth-order valence-corrected chi connectivity index (χ4v) is 3.65. The Morgan fingerprint density at radius 1 is 0.684 bits per heavy atom. The topological polar surface area (TPSA) is 139 Å². The number of nitro groups is 2. The van der Waals surface area contributed by atoms with Crippen molar-refractivity contribution < 1.29 is 28.9 Å². The Labute approximate surface area is 218 Å². The van der Waals surface area contributed by atoms with Crippen molar-refractivity contribution in [2.45, 2.75) is 13.8 Å². The predicted molar refractivity (Wildman–Crippen MR) is 142 cm³/mol. The van der Waals surface area contributed by atoms with Crippen molar-refractivity contribution in [1.82, 2.24) is 0 Å². The van der Waals surface area contributed by atoms with Crippen molar-refractivity contribution in [3.05, 3.63) is 115 Å². The number of carbonyl (C=O) groups is 2. The highest BCUT2D eigenvalue weighted by molar-refractivity contribution is 6.24. The van der Waals surface area contributed by atoms with Crippen LogP contribution in [0.15, 0.2) is 72.8 Å². The Balaban J connectivity index is 2.21. The third-order valence-corrected chi connectivity index (χ3v) is 5.34. The van der Waals surface area contributed by atoms with Crippen LogP contribution in [0.4, 0.5) is 11.4 Å². The molecule has 3 aromatic carbocycles. The number of esters is 2. The zero-order chi connectivity index (χ0) is 27.7. The second-order valence-corrected chi connectivity index (χ2v) is 7.77. The molecule has 3 rings (SSSR count). The van der Waals surface area contributed by atoms with Gasteiger partial charge in [0.05, 0.1) is 45.3 Å². The van der Waals surface area contributed by atoms with Crippen LogP contribution >= 0.6 is 0 Å². The monoisotopic (exact) mass is 516 g/mol. The lowest BCUT2D eigenvalue weighted by molar-refractivity contribution is -0.385. The SMILES string of the molecule is CCOC(=O)/C(=C/c1ccccc1[N+](=O)[O-])c1cccc(/C(=C\c2ccccc2[N+](=O)[O-])C(=O)OCC)c1. The van der Waals surface area contributed by atoms with Crippen molar-refractivity contribution in [2.75, 3.05) is 13.2 Å². The number of hydrogen-bond donors (Lipinski definition) is 0. The summed E-state index contributed by atoms with van der Waals surface area (Å²) in [6.07, 6.45) is 2.70. The Bertz CT molecular complexity index is 1340. The first-order valence-electron chi connectivity index (χ1n) is 11.6. The minimum atomic E-state index is -0.719. The van der Waals surface area contributed by atoms with Crippen LogP contribution in [0.2, 0.25) is 0 Å². The molecule has 0 aliphatic rings. The van der Waals surface area contributed by atoms with E-state index >= 15 is 0 Å². The van der Waals surface area contributed by atoms with Crippen LogP contribution in [-0.4, -0.2) is 35.0 Å². The van der Waals surface area contributed by atoms with Crippen LogP contribution in [0, 0.1) is 20.2 Å². The molecule has 0 radical (unpaired) electrons. The van der Waals surface area contributed by atoms with Gasteiger partial charge in [0, 0.05) is 12.1 Å². The van der Waals surface area contributed by atoms with Gasteiger partial charge in [0.25, 0.3) is 11.4 Å². The molecule has 3 aromatic rings. The molecule has 0 amide bonds. The van der Waals surface area contributed by atoms with Crippen LogP contribution in [-0.2, 0) is 19.1 Å². The van der Waals surface area contributed by atoms with Gasteiger partial charge in [-0.05, 0) is 55.3 Å². The number of nitro benzene ring substituents is 2. The van der Waals surface area contributed by atoms with Gasteiger partial charge in [-0.25, -0.2) is 9.59 Å². The quantitative estimate of drug-likeness (QED) is 0.110. The molecular weight excluding hydrogens is 492 g/mol. The highest BCUT2D eigenvalue weighted by Crippen LogP contribution is 2.30. The normalized spacial score (nSPS) is 11.5. The zero-order valence-corrected chi connectivity index (χ0v) is 20.7. The molecule has 10 heteroatoms. The standard InChI is InChI=1S/C28H24N2O8/c1-3-37-27(31)23(17-21-10-5-7-14-25(21)29(33)34)19-12-9-13-20(16-19)24(28(32)38-4-2)18-22-11-6-8-15-26(22)30(35)36/h5-18H,3-4H2,1-2H3/b23-17+,24-18+. The van der Waals surface area contributed by atoms with Gasteiger partial charge in [0.15, 0.2) is 0 Å². The highest BCUT2D eigenvalue weighted by Gasteiger charge is 2.21. The Kier molecular flexibility index (Phi) is 9.20. The van der Waals surface area contributed by atoms with Crippen molar-refractivity contribution in [1.29, 1.82) is 0 Å². The minimum absolute atomic E-state index is 0.0249. The number of para-hydroxylation sites is 2. The number of carbonyl (C=O) groups excluding carboxylic acids is 2. The number of benzene rings is 3. The number of hydrogen-bond acceptors (Lipinski definition) is 8. The first-order valence-corrected chi connectivity index (χ1v) is 11.6. The van der Waals surface area contributed by atoms with Crippen LogP contribution < -0.4 is 0 Å². The number of rotatable bonds is 10. The molecule has 0 spiro atoms. The summed E-state index contributed by atoms with van der Waals surface area (Å²) in [5.41, 5.74) is 0.657. The molecule has 0 unspecified atom stereocenters. The van der Waals surface area contributed by atoms with Crippen molar-refractivity contribution in [2.24, 2.45) is 0 Å². The second kappa shape index (κ2) is 12.7. The van der Waals surface area contributed by atoms with E-state index in [1.807, 2.05) is 0 Å². The summed E-state index contributed by atoms with van der Waals surface area (Å²) in [6.45, 7) is 3.40. The number of nitrogens with zero attached hydrogens (tertiary/aromatic N) is 2. The molecule has 0 atom stereocenters.